The Balaban J connectivity index is 1.63. The Labute approximate surface area is 179 Å². The summed E-state index contributed by atoms with van der Waals surface area (Å²) < 4.78 is 5.31. The van der Waals surface area contributed by atoms with Crippen LogP contribution in [0.4, 0.5) is 9.59 Å². The van der Waals surface area contributed by atoms with Crippen LogP contribution in [0, 0.1) is 0 Å². The Morgan fingerprint density at radius 2 is 1.81 bits per heavy atom. The van der Waals surface area contributed by atoms with E-state index >= 15 is 0 Å². The second kappa shape index (κ2) is 9.59. The predicted octanol–water partition coefficient (Wildman–Crippen LogP) is 1.37. The van der Waals surface area contributed by atoms with Gasteiger partial charge in [-0.25, -0.2) is 9.59 Å². The Morgan fingerprint density at radius 1 is 1.13 bits per heavy atom. The van der Waals surface area contributed by atoms with Gasteiger partial charge < -0.3 is 15.4 Å². The minimum atomic E-state index is -1.35. The standard InChI is InChI=1S/C21H26N4O6/c1-22-19(29)23-17(27)16(14-8-4-2-5-9-14)31-15(26)10-13-25-18(28)21(24-20(25)30)11-6-3-7-12-21/h2,4-5,8-9,16H,3,6-7,10-13H2,1H3,(H,24,30)(H2,22,23,27,29). The molecule has 1 aromatic carbocycles. The zero-order valence-corrected chi connectivity index (χ0v) is 17.3. The molecule has 0 radical (unpaired) electrons. The SMILES string of the molecule is CNC(=O)NC(=O)C(OC(=O)CCN1C(=O)NC2(CCCCC2)C1=O)c1ccccc1. The van der Waals surface area contributed by atoms with Crippen LogP contribution < -0.4 is 16.0 Å². The number of esters is 1. The number of ether oxygens (including phenoxy) is 1. The first-order valence-corrected chi connectivity index (χ1v) is 10.3. The number of rotatable bonds is 6. The van der Waals surface area contributed by atoms with Crippen LogP contribution >= 0.6 is 0 Å². The monoisotopic (exact) mass is 430 g/mol. The summed E-state index contributed by atoms with van der Waals surface area (Å²) in [6, 6.07) is 6.99. The van der Waals surface area contributed by atoms with Gasteiger partial charge >= 0.3 is 18.0 Å². The second-order valence-corrected chi connectivity index (χ2v) is 7.63. The summed E-state index contributed by atoms with van der Waals surface area (Å²) >= 11 is 0. The van der Waals surface area contributed by atoms with Crippen LogP contribution in [0.15, 0.2) is 30.3 Å². The summed E-state index contributed by atoms with van der Waals surface area (Å²) in [6.45, 7) is -0.149. The highest BCUT2D eigenvalue weighted by molar-refractivity contribution is 6.07. The van der Waals surface area contributed by atoms with E-state index in [0.29, 0.717) is 18.4 Å². The van der Waals surface area contributed by atoms with Crippen molar-refractivity contribution in [1.82, 2.24) is 20.9 Å². The molecule has 1 aliphatic carbocycles. The summed E-state index contributed by atoms with van der Waals surface area (Å²) in [7, 11) is 1.35. The fourth-order valence-electron chi connectivity index (χ4n) is 3.91. The number of hydrogen-bond donors (Lipinski definition) is 3. The maximum absolute atomic E-state index is 12.8. The Morgan fingerprint density at radius 3 is 2.45 bits per heavy atom. The molecular weight excluding hydrogens is 404 g/mol. The molecule has 2 fully saturated rings. The zero-order valence-electron chi connectivity index (χ0n) is 17.3. The third-order valence-corrected chi connectivity index (χ3v) is 5.55. The fraction of sp³-hybridized carbons (Fsp3) is 0.476. The van der Waals surface area contributed by atoms with Crippen molar-refractivity contribution in [2.45, 2.75) is 50.2 Å². The average Bonchev–Trinajstić information content (AvgIpc) is 3.00. The predicted molar refractivity (Wildman–Crippen MR) is 109 cm³/mol. The number of nitrogens with one attached hydrogen (secondary N) is 3. The fourth-order valence-corrected chi connectivity index (χ4v) is 3.91. The van der Waals surface area contributed by atoms with E-state index in [9.17, 15) is 24.0 Å². The van der Waals surface area contributed by atoms with Crippen LogP contribution in [0.2, 0.25) is 0 Å². The number of benzene rings is 1. The van der Waals surface area contributed by atoms with Gasteiger partial charge in [0.2, 0.25) is 6.10 Å². The van der Waals surface area contributed by atoms with Crippen molar-refractivity contribution in [3.05, 3.63) is 35.9 Å². The van der Waals surface area contributed by atoms with E-state index in [0.717, 1.165) is 24.2 Å². The number of carbonyl (C=O) groups is 5. The molecule has 0 bridgehead atoms. The van der Waals surface area contributed by atoms with Gasteiger partial charge in [0, 0.05) is 19.2 Å². The Kier molecular flexibility index (Phi) is 6.88. The van der Waals surface area contributed by atoms with Crippen LogP contribution in [-0.2, 0) is 19.1 Å². The first kappa shape index (κ1) is 22.3. The molecular formula is C21H26N4O6. The van der Waals surface area contributed by atoms with Gasteiger partial charge in [0.05, 0.1) is 6.42 Å². The molecule has 1 heterocycles. The number of amides is 6. The van der Waals surface area contributed by atoms with Crippen molar-refractivity contribution in [2.24, 2.45) is 0 Å². The molecule has 1 unspecified atom stereocenters. The molecule has 1 atom stereocenters. The third-order valence-electron chi connectivity index (χ3n) is 5.55. The van der Waals surface area contributed by atoms with Crippen LogP contribution in [-0.4, -0.2) is 53.9 Å². The highest BCUT2D eigenvalue weighted by atomic mass is 16.5. The number of urea groups is 2. The Bertz CT molecular complexity index is 866. The van der Waals surface area contributed by atoms with Gasteiger partial charge in [-0.15, -0.1) is 0 Å². The van der Waals surface area contributed by atoms with E-state index in [1.54, 1.807) is 30.3 Å². The molecule has 10 heteroatoms. The van der Waals surface area contributed by atoms with Crippen molar-refractivity contribution < 1.29 is 28.7 Å². The molecule has 0 aromatic heterocycles. The zero-order chi connectivity index (χ0) is 22.4. The van der Waals surface area contributed by atoms with Crippen molar-refractivity contribution >= 4 is 29.8 Å². The van der Waals surface area contributed by atoms with Gasteiger partial charge in [0.15, 0.2) is 0 Å². The van der Waals surface area contributed by atoms with Gasteiger partial charge in [-0.1, -0.05) is 49.6 Å². The summed E-state index contributed by atoms with van der Waals surface area (Å²) in [5.41, 5.74) is -0.479. The molecule has 3 N–H and O–H groups in total. The number of hydrogen-bond acceptors (Lipinski definition) is 6. The highest BCUT2D eigenvalue weighted by Crippen LogP contribution is 2.33. The average molecular weight is 430 g/mol. The summed E-state index contributed by atoms with van der Waals surface area (Å²) in [6.07, 6.45) is 2.31. The molecule has 3 rings (SSSR count). The second-order valence-electron chi connectivity index (χ2n) is 7.63. The largest absolute Gasteiger partial charge is 0.447 e. The van der Waals surface area contributed by atoms with Gasteiger partial charge in [0.25, 0.3) is 11.8 Å². The molecule has 31 heavy (non-hydrogen) atoms. The van der Waals surface area contributed by atoms with Crippen molar-refractivity contribution in [3.63, 3.8) is 0 Å². The minimum absolute atomic E-state index is 0.149. The van der Waals surface area contributed by atoms with Crippen molar-refractivity contribution in [3.8, 4) is 0 Å². The molecule has 1 saturated heterocycles. The molecule has 1 aromatic rings. The lowest BCUT2D eigenvalue weighted by molar-refractivity contribution is -0.156. The summed E-state index contributed by atoms with van der Waals surface area (Å²) in [5.74, 6) is -1.90. The third kappa shape index (κ3) is 5.01. The van der Waals surface area contributed by atoms with Crippen LogP contribution in [0.1, 0.15) is 50.2 Å². The van der Waals surface area contributed by atoms with Gasteiger partial charge in [-0.2, -0.15) is 0 Å². The first-order chi connectivity index (χ1) is 14.9. The van der Waals surface area contributed by atoms with E-state index in [1.807, 2.05) is 0 Å². The van der Waals surface area contributed by atoms with E-state index in [1.165, 1.54) is 7.05 Å². The van der Waals surface area contributed by atoms with Gasteiger partial charge in [-0.05, 0) is 12.8 Å². The topological polar surface area (TPSA) is 134 Å². The minimum Gasteiger partial charge on any atom is -0.447 e. The first-order valence-electron chi connectivity index (χ1n) is 10.3. The number of nitrogens with zero attached hydrogens (tertiary/aromatic N) is 1. The van der Waals surface area contributed by atoms with E-state index in [4.69, 9.17) is 4.74 Å². The van der Waals surface area contributed by atoms with Crippen molar-refractivity contribution in [2.75, 3.05) is 13.6 Å². The number of imide groups is 2. The maximum atomic E-state index is 12.8. The molecule has 1 spiro atoms. The smallest absolute Gasteiger partial charge is 0.325 e. The summed E-state index contributed by atoms with van der Waals surface area (Å²) in [4.78, 5) is 62.5. The lowest BCUT2D eigenvalue weighted by atomic mass is 9.82. The van der Waals surface area contributed by atoms with E-state index in [2.05, 4.69) is 16.0 Å². The molecule has 2 aliphatic rings. The molecule has 1 saturated carbocycles. The molecule has 166 valence electrons. The lowest BCUT2D eigenvalue weighted by Crippen LogP contribution is -2.48. The summed E-state index contributed by atoms with van der Waals surface area (Å²) in [5, 5.41) is 7.13. The maximum Gasteiger partial charge on any atom is 0.325 e. The van der Waals surface area contributed by atoms with E-state index < -0.39 is 35.6 Å². The van der Waals surface area contributed by atoms with E-state index in [-0.39, 0.29) is 18.9 Å². The molecule has 6 amide bonds. The quantitative estimate of drug-likeness (QED) is 0.461. The van der Waals surface area contributed by atoms with Crippen LogP contribution in [0.3, 0.4) is 0 Å². The molecule has 10 nitrogen and oxygen atoms in total. The van der Waals surface area contributed by atoms with Gasteiger partial charge in [0.1, 0.15) is 5.54 Å². The normalized spacial score (nSPS) is 18.3. The highest BCUT2D eigenvalue weighted by Gasteiger charge is 2.51. The molecule has 1 aliphatic heterocycles. The number of carbonyl (C=O) groups excluding carboxylic acids is 5. The van der Waals surface area contributed by atoms with Gasteiger partial charge in [-0.3, -0.25) is 24.6 Å². The van der Waals surface area contributed by atoms with Crippen LogP contribution in [0.25, 0.3) is 0 Å². The lowest BCUT2D eigenvalue weighted by Gasteiger charge is -2.30. The Hall–Kier alpha value is -3.43. The van der Waals surface area contributed by atoms with Crippen molar-refractivity contribution in [1.29, 1.82) is 0 Å². The van der Waals surface area contributed by atoms with Crippen LogP contribution in [0.5, 0.6) is 0 Å².